The van der Waals surface area contributed by atoms with Crippen LogP contribution < -0.4 is 10.4 Å². The van der Waals surface area contributed by atoms with Gasteiger partial charge in [0.05, 0.1) is 17.7 Å². The Balaban J connectivity index is 2.76. The molecule has 9 nitrogen and oxygen atoms in total. The molecule has 0 aromatic carbocycles. The first kappa shape index (κ1) is 20.5. The van der Waals surface area contributed by atoms with E-state index in [-0.39, 0.29) is 12.1 Å². The second-order valence-electron chi connectivity index (χ2n) is 7.47. The molecule has 140 valence electrons. The molecule has 9 heteroatoms. The van der Waals surface area contributed by atoms with Crippen molar-refractivity contribution in [3.8, 4) is 0 Å². The van der Waals surface area contributed by atoms with Gasteiger partial charge < -0.3 is 24.7 Å². The molecule has 0 spiro atoms. The molecule has 1 N–H and O–H groups in total. The van der Waals surface area contributed by atoms with Crippen LogP contribution in [0.4, 0.5) is 9.59 Å². The van der Waals surface area contributed by atoms with Gasteiger partial charge in [0.15, 0.2) is 0 Å². The number of amides is 1. The molecule has 0 bridgehead atoms. The molecule has 1 aromatic rings. The Morgan fingerprint density at radius 2 is 1.72 bits per heavy atom. The predicted octanol–water partition coefficient (Wildman–Crippen LogP) is 0.852. The second kappa shape index (κ2) is 7.54. The first-order valence-electron chi connectivity index (χ1n) is 7.73. The van der Waals surface area contributed by atoms with E-state index in [9.17, 15) is 19.5 Å². The monoisotopic (exact) mass is 354 g/mol. The van der Waals surface area contributed by atoms with Gasteiger partial charge in [-0.25, -0.2) is 19.1 Å². The van der Waals surface area contributed by atoms with Gasteiger partial charge >= 0.3 is 12.2 Å². The number of nitrogens with zero attached hydrogens (tertiary/aromatic N) is 2. The van der Waals surface area contributed by atoms with E-state index < -0.39 is 35.4 Å². The van der Waals surface area contributed by atoms with Gasteiger partial charge in [0, 0.05) is 12.6 Å². The number of hydrogen-bond donors (Lipinski definition) is 1. The lowest BCUT2D eigenvalue weighted by Crippen LogP contribution is -2.50. The van der Waals surface area contributed by atoms with E-state index in [1.54, 1.807) is 41.5 Å². The highest BCUT2D eigenvalue weighted by Gasteiger charge is 2.22. The molecule has 1 heterocycles. The summed E-state index contributed by atoms with van der Waals surface area (Å²) in [6.07, 6.45) is 0.853. The minimum atomic E-state index is -1.49. The molecule has 0 aliphatic carbocycles. The molecular weight excluding hydrogens is 330 g/mol. The van der Waals surface area contributed by atoms with Crippen LogP contribution in [0.25, 0.3) is 0 Å². The van der Waals surface area contributed by atoms with E-state index in [4.69, 9.17) is 9.47 Å². The lowest BCUT2D eigenvalue weighted by atomic mass is 10.1. The number of imidazole rings is 1. The molecule has 1 aromatic heterocycles. The zero-order valence-corrected chi connectivity index (χ0v) is 15.3. The third kappa shape index (κ3) is 7.69. The minimum absolute atomic E-state index is 0.169. The van der Waals surface area contributed by atoms with Crippen molar-refractivity contribution in [2.24, 2.45) is 0 Å². The quantitative estimate of drug-likeness (QED) is 0.850. The number of aromatic nitrogens is 2. The van der Waals surface area contributed by atoms with Gasteiger partial charge in [-0.2, -0.15) is 0 Å². The number of alkyl carbamates (subject to hydrolysis) is 1. The average molecular weight is 354 g/mol. The van der Waals surface area contributed by atoms with Crippen LogP contribution in [-0.4, -0.2) is 45.0 Å². The van der Waals surface area contributed by atoms with Crippen molar-refractivity contribution in [2.45, 2.75) is 65.2 Å². The zero-order chi connectivity index (χ0) is 19.4. The maximum absolute atomic E-state index is 11.9. The zero-order valence-electron chi connectivity index (χ0n) is 15.3. The van der Waals surface area contributed by atoms with Crippen molar-refractivity contribution >= 4 is 18.2 Å². The first-order chi connectivity index (χ1) is 11.3. The van der Waals surface area contributed by atoms with Crippen molar-refractivity contribution in [1.29, 1.82) is 0 Å². The van der Waals surface area contributed by atoms with Crippen LogP contribution in [0.1, 0.15) is 47.2 Å². The Hall–Kier alpha value is -2.58. The summed E-state index contributed by atoms with van der Waals surface area (Å²) < 4.78 is 11.3. The topological polar surface area (TPSA) is 123 Å². The standard InChI is InChI=1S/C16H25N3O6/c1-15(2,3)24-13(22)18-11(12(20)21)7-10-8-19(9-17-10)14(23)25-16(4,5)6/h8-9,11H,7H2,1-6H3,(H,18,22)(H,20,21)/p-1/t11-/m1/s1. The highest BCUT2D eigenvalue weighted by molar-refractivity contribution is 5.79. The molecule has 1 rings (SSSR count). The second-order valence-corrected chi connectivity index (χ2v) is 7.47. The number of carbonyl (C=O) groups excluding carboxylic acids is 3. The largest absolute Gasteiger partial charge is 0.548 e. The average Bonchev–Trinajstić information content (AvgIpc) is 2.82. The molecule has 0 saturated carbocycles. The van der Waals surface area contributed by atoms with Crippen molar-refractivity contribution in [2.75, 3.05) is 0 Å². The fraction of sp³-hybridized carbons (Fsp3) is 0.625. The van der Waals surface area contributed by atoms with Crippen LogP contribution in [0, 0.1) is 0 Å². The molecule has 0 aliphatic rings. The number of carboxylic acids is 1. The van der Waals surface area contributed by atoms with Gasteiger partial charge in [-0.05, 0) is 41.5 Å². The SMILES string of the molecule is CC(C)(C)OC(=O)N[C@H](Cc1cn(C(=O)OC(C)(C)C)cn1)C(=O)[O-]. The van der Waals surface area contributed by atoms with Crippen LogP contribution in [0.3, 0.4) is 0 Å². The number of rotatable bonds is 4. The molecular formula is C16H24N3O6-. The van der Waals surface area contributed by atoms with E-state index in [0.717, 1.165) is 4.57 Å². The molecule has 0 saturated heterocycles. The predicted molar refractivity (Wildman–Crippen MR) is 85.7 cm³/mol. The number of hydrogen-bond acceptors (Lipinski definition) is 7. The third-order valence-corrected chi connectivity index (χ3v) is 2.63. The highest BCUT2D eigenvalue weighted by atomic mass is 16.6. The summed E-state index contributed by atoms with van der Waals surface area (Å²) in [5.41, 5.74) is -1.16. The Labute approximate surface area is 146 Å². The van der Waals surface area contributed by atoms with Crippen LogP contribution in [0.2, 0.25) is 0 Å². The van der Waals surface area contributed by atoms with E-state index in [1.807, 2.05) is 0 Å². The van der Waals surface area contributed by atoms with Crippen molar-refractivity contribution in [3.63, 3.8) is 0 Å². The summed E-state index contributed by atoms with van der Waals surface area (Å²) in [6.45, 7) is 10.1. The molecule has 1 atom stereocenters. The van der Waals surface area contributed by atoms with E-state index >= 15 is 0 Å². The highest BCUT2D eigenvalue weighted by Crippen LogP contribution is 2.10. The minimum Gasteiger partial charge on any atom is -0.548 e. The lowest BCUT2D eigenvalue weighted by molar-refractivity contribution is -0.308. The molecule has 0 fully saturated rings. The Morgan fingerprint density at radius 3 is 2.20 bits per heavy atom. The summed E-state index contributed by atoms with van der Waals surface area (Å²) in [6, 6.07) is -1.35. The van der Waals surface area contributed by atoms with E-state index in [1.165, 1.54) is 12.5 Å². The van der Waals surface area contributed by atoms with Crippen LogP contribution in [0.15, 0.2) is 12.5 Å². The summed E-state index contributed by atoms with van der Waals surface area (Å²) >= 11 is 0. The summed E-state index contributed by atoms with van der Waals surface area (Å²) in [4.78, 5) is 38.8. The smallest absolute Gasteiger partial charge is 0.419 e. The Bertz CT molecular complexity index is 639. The maximum Gasteiger partial charge on any atom is 0.419 e. The summed E-state index contributed by atoms with van der Waals surface area (Å²) in [5.74, 6) is -1.49. The van der Waals surface area contributed by atoms with Gasteiger partial charge in [0.2, 0.25) is 0 Å². The molecule has 25 heavy (non-hydrogen) atoms. The number of carbonyl (C=O) groups is 3. The lowest BCUT2D eigenvalue weighted by Gasteiger charge is -2.23. The van der Waals surface area contributed by atoms with Gasteiger partial charge in [-0.3, -0.25) is 0 Å². The summed E-state index contributed by atoms with van der Waals surface area (Å²) in [7, 11) is 0. The van der Waals surface area contributed by atoms with E-state index in [0.29, 0.717) is 0 Å². The molecule has 0 unspecified atom stereocenters. The Morgan fingerprint density at radius 1 is 1.16 bits per heavy atom. The van der Waals surface area contributed by atoms with Crippen LogP contribution in [0.5, 0.6) is 0 Å². The number of aliphatic carboxylic acids is 1. The first-order valence-corrected chi connectivity index (χ1v) is 7.73. The maximum atomic E-state index is 11.9. The van der Waals surface area contributed by atoms with Gasteiger partial charge in [0.1, 0.15) is 17.5 Å². The number of carboxylic acid groups (broad SMARTS) is 1. The molecule has 0 aliphatic heterocycles. The Kier molecular flexibility index (Phi) is 6.17. The normalized spacial score (nSPS) is 13.0. The fourth-order valence-electron chi connectivity index (χ4n) is 1.74. The van der Waals surface area contributed by atoms with Crippen LogP contribution in [-0.2, 0) is 20.7 Å². The van der Waals surface area contributed by atoms with Gasteiger partial charge in [0.25, 0.3) is 0 Å². The summed E-state index contributed by atoms with van der Waals surface area (Å²) in [5, 5.41) is 13.4. The number of nitrogens with one attached hydrogen (secondary N) is 1. The van der Waals surface area contributed by atoms with Gasteiger partial charge in [-0.1, -0.05) is 0 Å². The van der Waals surface area contributed by atoms with Crippen molar-refractivity contribution < 1.29 is 29.0 Å². The van der Waals surface area contributed by atoms with E-state index in [2.05, 4.69) is 10.3 Å². The fourth-order valence-corrected chi connectivity index (χ4v) is 1.74. The van der Waals surface area contributed by atoms with Crippen molar-refractivity contribution in [1.82, 2.24) is 14.9 Å². The number of ether oxygens (including phenoxy) is 2. The molecule has 1 amide bonds. The van der Waals surface area contributed by atoms with Crippen molar-refractivity contribution in [3.05, 3.63) is 18.2 Å². The third-order valence-electron chi connectivity index (χ3n) is 2.63. The molecule has 0 radical (unpaired) electrons. The van der Waals surface area contributed by atoms with Gasteiger partial charge in [-0.15, -0.1) is 0 Å². The van der Waals surface area contributed by atoms with Crippen LogP contribution >= 0.6 is 0 Å².